The summed E-state index contributed by atoms with van der Waals surface area (Å²) in [5.41, 5.74) is 0. The van der Waals surface area contributed by atoms with Crippen LogP contribution < -0.4 is 0 Å². The molecule has 6 heavy (non-hydrogen) atoms. The van der Waals surface area contributed by atoms with E-state index < -0.39 is 10.1 Å². The molecule has 36 valence electrons. The Morgan fingerprint density at radius 2 is 1.50 bits per heavy atom. The minimum absolute atomic E-state index is 0. The van der Waals surface area contributed by atoms with E-state index in [1.165, 1.54) is 0 Å². The van der Waals surface area contributed by atoms with Crippen LogP contribution >= 0.6 is 0 Å². The van der Waals surface area contributed by atoms with Gasteiger partial charge < -0.3 is 0 Å². The van der Waals surface area contributed by atoms with Gasteiger partial charge in [-0.1, -0.05) is 0 Å². The second-order valence-corrected chi connectivity index (χ2v) is 2.20. The van der Waals surface area contributed by atoms with E-state index in [0.29, 0.717) is 6.26 Å². The first-order valence-electron chi connectivity index (χ1n) is 0.924. The van der Waals surface area contributed by atoms with Crippen LogP contribution in [-0.2, 0) is 10.1 Å². The summed E-state index contributed by atoms with van der Waals surface area (Å²) in [6, 6.07) is 0. The van der Waals surface area contributed by atoms with Crippen LogP contribution in [0.1, 0.15) is 0 Å². The summed E-state index contributed by atoms with van der Waals surface area (Å²) in [4.78, 5) is 0. The van der Waals surface area contributed by atoms with E-state index in [4.69, 9.17) is 4.55 Å². The first-order chi connectivity index (χ1) is 2.00. The average molecular weight is 324 g/mol. The maximum atomic E-state index is 9.19. The van der Waals surface area contributed by atoms with Gasteiger partial charge in [-0.05, 0) is 0 Å². The molecule has 0 fully saturated rings. The molecule has 0 aromatic rings. The quantitative estimate of drug-likeness (QED) is 0.580. The van der Waals surface area contributed by atoms with Gasteiger partial charge in [-0.3, -0.25) is 4.55 Å². The maximum absolute atomic E-state index is 9.19. The molecule has 0 aromatic heterocycles. The van der Waals surface area contributed by atoms with Crippen molar-refractivity contribution in [1.82, 2.24) is 0 Å². The molecule has 0 atom stereocenters. The Kier molecular flexibility index (Phi) is 5.86. The molecule has 0 saturated heterocycles. The van der Waals surface area contributed by atoms with Gasteiger partial charge in [0.1, 0.15) is 0 Å². The fourth-order valence-electron chi connectivity index (χ4n) is 0. The molecule has 0 unspecified atom stereocenters. The third-order valence-corrected chi connectivity index (χ3v) is 0. The van der Waals surface area contributed by atoms with E-state index in [9.17, 15) is 8.42 Å². The fraction of sp³-hybridized carbons (Fsp3) is 1.00. The zero-order valence-electron chi connectivity index (χ0n) is 2.67. The van der Waals surface area contributed by atoms with Gasteiger partial charge in [0.05, 0.1) is 6.26 Å². The molecule has 0 amide bonds. The van der Waals surface area contributed by atoms with Gasteiger partial charge in [0.2, 0.25) is 0 Å². The second-order valence-electron chi connectivity index (χ2n) is 0.733. The second kappa shape index (κ2) is 3.39. The Labute approximate surface area is 73.3 Å². The van der Waals surface area contributed by atoms with Gasteiger partial charge in [0.25, 0.3) is 10.1 Å². The fourth-order valence-corrected chi connectivity index (χ4v) is 0. The molecule has 0 heterocycles. The van der Waals surface area contributed by atoms with Gasteiger partial charge >= 0.3 is 45.0 Å². The molecule has 0 aliphatic carbocycles. The van der Waals surface area contributed by atoms with Crippen LogP contribution in [0.5, 0.6) is 0 Å². The van der Waals surface area contributed by atoms with Crippen LogP contribution in [0.15, 0.2) is 0 Å². The van der Waals surface area contributed by atoms with Crippen LogP contribution in [0.3, 0.4) is 0 Å². The van der Waals surface area contributed by atoms with Crippen LogP contribution in [0, 0.1) is 45.0 Å². The van der Waals surface area contributed by atoms with E-state index in [1.54, 1.807) is 0 Å². The zero-order chi connectivity index (χ0) is 4.50. The monoisotopic (exact) mass is 324 g/mol. The van der Waals surface area contributed by atoms with Crippen molar-refractivity contribution in [1.29, 1.82) is 0 Å². The predicted molar refractivity (Wildman–Crippen MR) is 20.3 cm³/mol. The molecule has 3 nitrogen and oxygen atoms in total. The summed E-state index contributed by atoms with van der Waals surface area (Å²) < 4.78 is 25.9. The number of hydrogen-bond donors (Lipinski definition) is 1. The van der Waals surface area contributed by atoms with Gasteiger partial charge in [0, 0.05) is 0 Å². The first kappa shape index (κ1) is 10.4. The molecular formula is CH6O3RaS. The summed E-state index contributed by atoms with van der Waals surface area (Å²) >= 11 is 0. The molecule has 0 aromatic carbocycles. The Hall–Kier alpha value is 1.38. The first-order valence-corrected chi connectivity index (χ1v) is 2.77. The Balaban J connectivity index is 0. The minimum atomic E-state index is -3.67. The van der Waals surface area contributed by atoms with Crippen molar-refractivity contribution in [3.63, 3.8) is 0 Å². The van der Waals surface area contributed by atoms with Crippen LogP contribution in [-0.4, -0.2) is 19.2 Å². The van der Waals surface area contributed by atoms with Gasteiger partial charge in [0.15, 0.2) is 0 Å². The van der Waals surface area contributed by atoms with E-state index in [1.807, 2.05) is 0 Å². The molecule has 0 spiro atoms. The van der Waals surface area contributed by atoms with Crippen molar-refractivity contribution in [3.05, 3.63) is 0 Å². The van der Waals surface area contributed by atoms with Crippen molar-refractivity contribution in [3.8, 4) is 0 Å². The molecule has 0 radical (unpaired) electrons. The van der Waals surface area contributed by atoms with Gasteiger partial charge in [-0.25, -0.2) is 0 Å². The molecule has 0 bridgehead atoms. The summed E-state index contributed by atoms with van der Waals surface area (Å²) in [6.07, 6.45) is 0.715. The SMILES string of the molecule is CS(=O)(=O)O.[RaH2]. The molecule has 0 rings (SSSR count). The van der Waals surface area contributed by atoms with E-state index in [0.717, 1.165) is 0 Å². The Morgan fingerprint density at radius 3 is 1.50 bits per heavy atom. The summed E-state index contributed by atoms with van der Waals surface area (Å²) in [6.45, 7) is 0. The van der Waals surface area contributed by atoms with E-state index in [2.05, 4.69) is 0 Å². The summed E-state index contributed by atoms with van der Waals surface area (Å²) in [5, 5.41) is 0. The van der Waals surface area contributed by atoms with Gasteiger partial charge in [-0.2, -0.15) is 8.42 Å². The third kappa shape index (κ3) is 54.3. The normalized spacial score (nSPS) is 9.67. The van der Waals surface area contributed by atoms with Gasteiger partial charge in [-0.15, -0.1) is 0 Å². The molecule has 0 saturated carbocycles. The molecular weight excluding hydrogens is 318 g/mol. The van der Waals surface area contributed by atoms with Crippen LogP contribution in [0.2, 0.25) is 0 Å². The predicted octanol–water partition coefficient (Wildman–Crippen LogP) is -1.03. The molecule has 1 N–H and O–H groups in total. The van der Waals surface area contributed by atoms with Crippen molar-refractivity contribution in [2.45, 2.75) is 0 Å². The third-order valence-electron chi connectivity index (χ3n) is 0. The van der Waals surface area contributed by atoms with E-state index in [-0.39, 0.29) is 45.0 Å². The Morgan fingerprint density at radius 1 is 1.50 bits per heavy atom. The van der Waals surface area contributed by atoms with Crippen molar-refractivity contribution < 1.29 is 58.0 Å². The average Bonchev–Trinajstić information content (AvgIpc) is 0.722. The molecule has 0 aliphatic rings. The topological polar surface area (TPSA) is 54.4 Å². The molecule has 5 heteroatoms. The number of hydrogen-bond acceptors (Lipinski definition) is 2. The summed E-state index contributed by atoms with van der Waals surface area (Å²) in [5.74, 6) is 0. The standard InChI is InChI=1S/CH4O3S.Ra.2H/c1-5(2,3)4;;;/h1H3,(H,2,3,4);;;. The van der Waals surface area contributed by atoms with Crippen LogP contribution in [0.25, 0.3) is 0 Å². The zero-order valence-corrected chi connectivity index (χ0v) is 3.49. The number of rotatable bonds is 0. The van der Waals surface area contributed by atoms with Crippen molar-refractivity contribution >= 4 is 10.1 Å². The molecule has 0 aliphatic heterocycles. The van der Waals surface area contributed by atoms with E-state index >= 15 is 0 Å². The van der Waals surface area contributed by atoms with Crippen LogP contribution in [0.4, 0.5) is 0 Å². The summed E-state index contributed by atoms with van der Waals surface area (Å²) in [7, 11) is -3.67. The van der Waals surface area contributed by atoms with Crippen molar-refractivity contribution in [2.75, 3.05) is 6.26 Å². The Bertz CT molecular complexity index is 94.0. The van der Waals surface area contributed by atoms with Crippen molar-refractivity contribution in [2.24, 2.45) is 0 Å².